The first kappa shape index (κ1) is 22.4. The number of rotatable bonds is 9. The number of amides is 2. The highest BCUT2D eigenvalue weighted by atomic mass is 79.9. The minimum atomic E-state index is -0.730. The Morgan fingerprint density at radius 3 is 2.65 bits per heavy atom. The summed E-state index contributed by atoms with van der Waals surface area (Å²) in [5.74, 6) is -0.497. The van der Waals surface area contributed by atoms with Gasteiger partial charge < -0.3 is 19.7 Å². The number of tetrazole rings is 1. The van der Waals surface area contributed by atoms with Gasteiger partial charge in [-0.05, 0) is 30.2 Å². The topological polar surface area (TPSA) is 139 Å². The molecule has 11 nitrogen and oxygen atoms in total. The van der Waals surface area contributed by atoms with E-state index in [1.807, 2.05) is 0 Å². The number of hydrogen-bond donors (Lipinski definition) is 2. The van der Waals surface area contributed by atoms with Gasteiger partial charge in [0, 0.05) is 5.33 Å². The third-order valence-electron chi connectivity index (χ3n) is 4.57. The predicted octanol–water partition coefficient (Wildman–Crippen LogP) is 0.490. The van der Waals surface area contributed by atoms with Gasteiger partial charge in [0.2, 0.25) is 5.91 Å². The van der Waals surface area contributed by atoms with Crippen molar-refractivity contribution in [1.82, 2.24) is 30.8 Å². The lowest BCUT2D eigenvalue weighted by Crippen LogP contribution is -2.64. The number of H-pyrrole nitrogens is 1. The van der Waals surface area contributed by atoms with Crippen molar-refractivity contribution in [3.8, 4) is 5.75 Å². The third-order valence-corrected chi connectivity index (χ3v) is 5.41. The molecule has 1 aromatic carbocycles. The maximum Gasteiger partial charge on any atom is 0.355 e. The first-order chi connectivity index (χ1) is 14.9. The maximum absolute atomic E-state index is 12.7. The summed E-state index contributed by atoms with van der Waals surface area (Å²) in [5, 5.41) is 16.0. The zero-order valence-electron chi connectivity index (χ0n) is 16.9. The monoisotopic (exact) mass is 492 g/mol. The number of carbonyl (C=O) groups excluding carboxylic acids is 3. The molecule has 0 radical (unpaired) electrons. The molecule has 2 amide bonds. The zero-order valence-corrected chi connectivity index (χ0v) is 18.5. The molecule has 164 valence electrons. The van der Waals surface area contributed by atoms with Crippen LogP contribution in [0.2, 0.25) is 0 Å². The number of benzene rings is 1. The van der Waals surface area contributed by atoms with Gasteiger partial charge in [-0.1, -0.05) is 33.3 Å². The van der Waals surface area contributed by atoms with E-state index in [-0.39, 0.29) is 31.1 Å². The lowest BCUT2D eigenvalue weighted by molar-refractivity contribution is -0.151. The number of aromatic nitrogens is 4. The number of esters is 1. The smallest absolute Gasteiger partial charge is 0.355 e. The molecule has 2 heterocycles. The lowest BCUT2D eigenvalue weighted by Gasteiger charge is -2.39. The summed E-state index contributed by atoms with van der Waals surface area (Å²) in [6.07, 6.45) is -0.104. The molecule has 2 aromatic rings. The van der Waals surface area contributed by atoms with Crippen LogP contribution in [0, 0.1) is 0 Å². The Bertz CT molecular complexity index is 976. The number of nitrogens with one attached hydrogen (secondary N) is 2. The molecule has 0 aliphatic carbocycles. The van der Waals surface area contributed by atoms with Crippen molar-refractivity contribution in [3.05, 3.63) is 46.9 Å². The van der Waals surface area contributed by atoms with E-state index in [9.17, 15) is 14.4 Å². The number of aromatic amines is 1. The summed E-state index contributed by atoms with van der Waals surface area (Å²) in [6.45, 7) is 1.94. The lowest BCUT2D eigenvalue weighted by atomic mass is 10.0. The summed E-state index contributed by atoms with van der Waals surface area (Å²) in [7, 11) is 1.57. The molecule has 1 saturated heterocycles. The number of β-lactam (4-membered cyclic amide) rings is 1. The van der Waals surface area contributed by atoms with E-state index in [1.165, 1.54) is 4.90 Å². The minimum absolute atomic E-state index is 0.0504. The highest BCUT2D eigenvalue weighted by Gasteiger charge is 2.42. The second-order valence-electron chi connectivity index (χ2n) is 6.76. The van der Waals surface area contributed by atoms with Crippen molar-refractivity contribution in [2.24, 2.45) is 0 Å². The SMILES string of the molecule is COc1ccc(COC(=O)C(=C(C)CBr)N2CC(NC(=O)Cc3nn[nH]n3)C2=O)cc1. The van der Waals surface area contributed by atoms with Gasteiger partial charge in [-0.3, -0.25) is 9.59 Å². The number of halogens is 1. The molecule has 0 saturated carbocycles. The van der Waals surface area contributed by atoms with Gasteiger partial charge in [0.1, 0.15) is 24.1 Å². The van der Waals surface area contributed by atoms with Crippen molar-refractivity contribution in [2.45, 2.75) is 26.0 Å². The van der Waals surface area contributed by atoms with Gasteiger partial charge in [-0.25, -0.2) is 4.79 Å². The fourth-order valence-electron chi connectivity index (χ4n) is 2.90. The number of methoxy groups -OCH3 is 1. The van der Waals surface area contributed by atoms with Gasteiger partial charge in [-0.2, -0.15) is 5.21 Å². The molecule has 1 aromatic heterocycles. The van der Waals surface area contributed by atoms with Crippen LogP contribution in [-0.4, -0.2) is 68.3 Å². The van der Waals surface area contributed by atoms with E-state index in [0.29, 0.717) is 16.7 Å². The Kier molecular flexibility index (Phi) is 7.34. The molecule has 0 spiro atoms. The number of alkyl halides is 1. The number of carbonyl (C=O) groups is 3. The molecular weight excluding hydrogens is 472 g/mol. The maximum atomic E-state index is 12.7. The average Bonchev–Trinajstić information content (AvgIpc) is 3.29. The Morgan fingerprint density at radius 1 is 1.32 bits per heavy atom. The van der Waals surface area contributed by atoms with Crippen LogP contribution in [0.1, 0.15) is 18.3 Å². The van der Waals surface area contributed by atoms with Crippen molar-refractivity contribution < 1.29 is 23.9 Å². The molecule has 1 fully saturated rings. The quantitative estimate of drug-likeness (QED) is 0.223. The van der Waals surface area contributed by atoms with Crippen LogP contribution in [-0.2, 0) is 32.1 Å². The van der Waals surface area contributed by atoms with E-state index < -0.39 is 23.8 Å². The van der Waals surface area contributed by atoms with Crippen LogP contribution >= 0.6 is 15.9 Å². The number of allylic oxidation sites excluding steroid dienone is 1. The van der Waals surface area contributed by atoms with E-state index in [0.717, 1.165) is 5.56 Å². The summed E-state index contributed by atoms with van der Waals surface area (Å²) < 4.78 is 10.5. The second kappa shape index (κ2) is 10.2. The highest BCUT2D eigenvalue weighted by molar-refractivity contribution is 9.09. The van der Waals surface area contributed by atoms with Crippen molar-refractivity contribution in [1.29, 1.82) is 0 Å². The predicted molar refractivity (Wildman–Crippen MR) is 111 cm³/mol. The standard InChI is InChI=1S/C19H21BrN6O5/c1-11(8-20)17(19(29)31-10-12-3-5-13(30-2)6-4-12)26-9-14(18(26)28)21-16(27)7-15-22-24-25-23-15/h3-6,14H,7-10H2,1-2H3,(H,21,27)(H,22,23,24,25). The summed E-state index contributed by atoms with van der Waals surface area (Å²) in [5.41, 5.74) is 1.59. The van der Waals surface area contributed by atoms with Crippen LogP contribution in [0.15, 0.2) is 35.5 Å². The molecular formula is C19H21BrN6O5. The zero-order chi connectivity index (χ0) is 22.4. The van der Waals surface area contributed by atoms with Gasteiger partial charge in [0.05, 0.1) is 20.1 Å². The number of likely N-dealkylation sites (tertiary alicyclic amines) is 1. The average molecular weight is 493 g/mol. The molecule has 0 bridgehead atoms. The second-order valence-corrected chi connectivity index (χ2v) is 7.32. The summed E-state index contributed by atoms with van der Waals surface area (Å²) >= 11 is 3.32. The van der Waals surface area contributed by atoms with E-state index in [1.54, 1.807) is 38.3 Å². The molecule has 12 heteroatoms. The van der Waals surface area contributed by atoms with Crippen molar-refractivity contribution in [2.75, 3.05) is 19.0 Å². The van der Waals surface area contributed by atoms with Crippen molar-refractivity contribution >= 4 is 33.7 Å². The van der Waals surface area contributed by atoms with Crippen molar-refractivity contribution in [3.63, 3.8) is 0 Å². The fourth-order valence-corrected chi connectivity index (χ4v) is 3.16. The van der Waals surface area contributed by atoms with E-state index in [2.05, 4.69) is 41.9 Å². The highest BCUT2D eigenvalue weighted by Crippen LogP contribution is 2.23. The number of hydrogen-bond acceptors (Lipinski definition) is 8. The Hall–Kier alpha value is -3.28. The molecule has 2 N–H and O–H groups in total. The van der Waals surface area contributed by atoms with E-state index in [4.69, 9.17) is 9.47 Å². The molecule has 1 aliphatic rings. The number of ether oxygens (including phenoxy) is 2. The number of nitrogens with zero attached hydrogens (tertiary/aromatic N) is 4. The summed E-state index contributed by atoms with van der Waals surface area (Å²) in [4.78, 5) is 38.7. The Labute approximate surface area is 186 Å². The third kappa shape index (κ3) is 5.45. The molecule has 31 heavy (non-hydrogen) atoms. The van der Waals surface area contributed by atoms with Crippen LogP contribution in [0.25, 0.3) is 0 Å². The van der Waals surface area contributed by atoms with Gasteiger partial charge in [0.15, 0.2) is 5.82 Å². The minimum Gasteiger partial charge on any atom is -0.497 e. The summed E-state index contributed by atoms with van der Waals surface area (Å²) in [6, 6.07) is 6.38. The molecule has 1 aliphatic heterocycles. The first-order valence-electron chi connectivity index (χ1n) is 9.31. The largest absolute Gasteiger partial charge is 0.497 e. The normalized spacial score (nSPS) is 16.3. The van der Waals surface area contributed by atoms with E-state index >= 15 is 0 Å². The molecule has 1 atom stereocenters. The fraction of sp³-hybridized carbons (Fsp3) is 0.368. The van der Waals surface area contributed by atoms with Crippen LogP contribution in [0.3, 0.4) is 0 Å². The Balaban J connectivity index is 1.58. The Morgan fingerprint density at radius 2 is 2.06 bits per heavy atom. The van der Waals surface area contributed by atoms with Gasteiger partial charge >= 0.3 is 5.97 Å². The van der Waals surface area contributed by atoms with Crippen LogP contribution in [0.4, 0.5) is 0 Å². The van der Waals surface area contributed by atoms with Crippen LogP contribution in [0.5, 0.6) is 5.75 Å². The van der Waals surface area contributed by atoms with Gasteiger partial charge in [0.25, 0.3) is 5.91 Å². The van der Waals surface area contributed by atoms with Gasteiger partial charge in [-0.15, -0.1) is 10.2 Å². The molecule has 1 unspecified atom stereocenters. The molecule has 3 rings (SSSR count). The van der Waals surface area contributed by atoms with Crippen LogP contribution < -0.4 is 10.1 Å². The first-order valence-corrected chi connectivity index (χ1v) is 10.4.